The molecule has 1 unspecified atom stereocenters. The number of methoxy groups -OCH3 is 2. The summed E-state index contributed by atoms with van der Waals surface area (Å²) in [7, 11) is 3.44. The lowest BCUT2D eigenvalue weighted by Crippen LogP contribution is -2.24. The Hall–Kier alpha value is -2.60. The Bertz CT molecular complexity index is 1000. The fourth-order valence-electron chi connectivity index (χ4n) is 3.81. The van der Waals surface area contributed by atoms with Crippen molar-refractivity contribution in [3.63, 3.8) is 0 Å². The highest BCUT2D eigenvalue weighted by Gasteiger charge is 2.25. The van der Waals surface area contributed by atoms with Crippen LogP contribution in [0.4, 0.5) is 5.69 Å². The van der Waals surface area contributed by atoms with Gasteiger partial charge in [0.15, 0.2) is 0 Å². The largest absolute Gasteiger partial charge is 0.497 e. The van der Waals surface area contributed by atoms with Gasteiger partial charge in [-0.15, -0.1) is 11.8 Å². The Morgan fingerprint density at radius 3 is 2.69 bits per heavy atom. The van der Waals surface area contributed by atoms with Crippen molar-refractivity contribution in [3.8, 4) is 11.5 Å². The van der Waals surface area contributed by atoms with Gasteiger partial charge in [-0.1, -0.05) is 12.1 Å². The standard InChI is InChI=1S/C23H27N3O2S/c1-15-11-17(5-8-21(15)28-4)22-9-10-26(13-19-16(2)24-14-25-19)20-7-6-18(27-3)12-23(20)29-22/h5-8,11-12,14,22H,9-10,13H2,1-4H3,(H,24,25). The number of rotatable bonds is 5. The molecule has 1 aliphatic rings. The SMILES string of the molecule is COc1ccc2c(c1)SC(c1ccc(OC)c(C)c1)CCN2Cc1nc[nH]c1C. The number of thioether (sulfide) groups is 1. The van der Waals surface area contributed by atoms with E-state index in [1.54, 1.807) is 20.5 Å². The van der Waals surface area contributed by atoms with E-state index in [2.05, 4.69) is 59.0 Å². The third-order valence-corrected chi connectivity index (χ3v) is 6.88. The molecule has 0 radical (unpaired) electrons. The van der Waals surface area contributed by atoms with Crippen LogP contribution in [0, 0.1) is 13.8 Å². The average Bonchev–Trinajstić information content (AvgIpc) is 3.04. The number of H-pyrrole nitrogens is 1. The zero-order valence-corrected chi connectivity index (χ0v) is 18.2. The molecule has 1 aromatic heterocycles. The van der Waals surface area contributed by atoms with Gasteiger partial charge in [0.2, 0.25) is 0 Å². The van der Waals surface area contributed by atoms with E-state index in [0.717, 1.165) is 42.4 Å². The second-order valence-electron chi connectivity index (χ2n) is 7.35. The smallest absolute Gasteiger partial charge is 0.121 e. The Labute approximate surface area is 176 Å². The van der Waals surface area contributed by atoms with Gasteiger partial charge in [-0.25, -0.2) is 4.98 Å². The molecule has 0 amide bonds. The third-order valence-electron chi connectivity index (χ3n) is 5.50. The van der Waals surface area contributed by atoms with Crippen LogP contribution in [0.25, 0.3) is 0 Å². The van der Waals surface area contributed by atoms with E-state index < -0.39 is 0 Å². The molecule has 0 aliphatic carbocycles. The van der Waals surface area contributed by atoms with Gasteiger partial charge in [-0.05, 0) is 55.7 Å². The molecule has 3 aromatic rings. The van der Waals surface area contributed by atoms with E-state index >= 15 is 0 Å². The van der Waals surface area contributed by atoms with Crippen LogP contribution in [0.1, 0.15) is 34.2 Å². The molecule has 6 heteroatoms. The number of nitrogens with one attached hydrogen (secondary N) is 1. The molecule has 1 N–H and O–H groups in total. The second-order valence-corrected chi connectivity index (χ2v) is 8.60. The number of hydrogen-bond donors (Lipinski definition) is 1. The van der Waals surface area contributed by atoms with E-state index in [1.807, 2.05) is 17.8 Å². The summed E-state index contributed by atoms with van der Waals surface area (Å²) in [5, 5.41) is 0.371. The van der Waals surface area contributed by atoms with Gasteiger partial charge in [0.25, 0.3) is 0 Å². The number of hydrogen-bond acceptors (Lipinski definition) is 5. The molecular weight excluding hydrogens is 382 g/mol. The number of aromatic nitrogens is 2. The van der Waals surface area contributed by atoms with E-state index in [4.69, 9.17) is 9.47 Å². The van der Waals surface area contributed by atoms with Crippen LogP contribution in [-0.4, -0.2) is 30.7 Å². The van der Waals surface area contributed by atoms with Gasteiger partial charge in [-0.2, -0.15) is 0 Å². The maximum atomic E-state index is 5.51. The number of aromatic amines is 1. The Balaban J connectivity index is 1.68. The number of fused-ring (bicyclic) bond motifs is 1. The van der Waals surface area contributed by atoms with Crippen LogP contribution in [0.2, 0.25) is 0 Å². The van der Waals surface area contributed by atoms with Gasteiger partial charge in [0, 0.05) is 22.4 Å². The summed E-state index contributed by atoms with van der Waals surface area (Å²) in [6.07, 6.45) is 2.83. The summed E-state index contributed by atoms with van der Waals surface area (Å²) in [5.74, 6) is 1.82. The number of nitrogens with zero attached hydrogens (tertiary/aromatic N) is 2. The summed E-state index contributed by atoms with van der Waals surface area (Å²) in [6.45, 7) is 5.94. The van der Waals surface area contributed by atoms with Crippen molar-refractivity contribution >= 4 is 17.4 Å². The second kappa shape index (κ2) is 8.41. The minimum atomic E-state index is 0.371. The Morgan fingerprint density at radius 2 is 2.00 bits per heavy atom. The number of ether oxygens (including phenoxy) is 2. The van der Waals surface area contributed by atoms with Crippen molar-refractivity contribution in [2.24, 2.45) is 0 Å². The lowest BCUT2D eigenvalue weighted by Gasteiger charge is -2.24. The maximum absolute atomic E-state index is 5.51. The molecule has 152 valence electrons. The van der Waals surface area contributed by atoms with Crippen LogP contribution in [0.5, 0.6) is 11.5 Å². The minimum absolute atomic E-state index is 0.371. The van der Waals surface area contributed by atoms with E-state index in [1.165, 1.54) is 21.7 Å². The van der Waals surface area contributed by atoms with Crippen LogP contribution in [0.3, 0.4) is 0 Å². The number of anilines is 1. The first-order chi connectivity index (χ1) is 14.1. The normalized spacial score (nSPS) is 16.3. The van der Waals surface area contributed by atoms with Gasteiger partial charge in [0.05, 0.1) is 38.5 Å². The summed E-state index contributed by atoms with van der Waals surface area (Å²) in [4.78, 5) is 11.4. The molecule has 0 fully saturated rings. The van der Waals surface area contributed by atoms with Crippen LogP contribution < -0.4 is 14.4 Å². The molecule has 5 nitrogen and oxygen atoms in total. The minimum Gasteiger partial charge on any atom is -0.497 e. The van der Waals surface area contributed by atoms with Gasteiger partial charge in [0.1, 0.15) is 11.5 Å². The quantitative estimate of drug-likeness (QED) is 0.621. The first kappa shape index (κ1) is 19.7. The average molecular weight is 410 g/mol. The lowest BCUT2D eigenvalue weighted by atomic mass is 10.1. The molecule has 2 aromatic carbocycles. The first-order valence-electron chi connectivity index (χ1n) is 9.82. The molecule has 1 atom stereocenters. The van der Waals surface area contributed by atoms with E-state index in [0.29, 0.717) is 5.25 Å². The van der Waals surface area contributed by atoms with Crippen molar-refractivity contribution < 1.29 is 9.47 Å². The number of benzene rings is 2. The first-order valence-corrected chi connectivity index (χ1v) is 10.7. The van der Waals surface area contributed by atoms with Crippen LogP contribution >= 0.6 is 11.8 Å². The summed E-state index contributed by atoms with van der Waals surface area (Å²) in [6, 6.07) is 12.9. The third kappa shape index (κ3) is 4.08. The molecule has 0 spiro atoms. The van der Waals surface area contributed by atoms with Crippen molar-refractivity contribution in [3.05, 3.63) is 65.2 Å². The summed E-state index contributed by atoms with van der Waals surface area (Å²) in [5.41, 5.74) is 5.96. The summed E-state index contributed by atoms with van der Waals surface area (Å²) < 4.78 is 10.9. The van der Waals surface area contributed by atoms with Crippen molar-refractivity contribution in [2.75, 3.05) is 25.7 Å². The van der Waals surface area contributed by atoms with E-state index in [9.17, 15) is 0 Å². The lowest BCUT2D eigenvalue weighted by molar-refractivity contribution is 0.411. The number of imidazole rings is 1. The number of aryl methyl sites for hydroxylation is 2. The van der Waals surface area contributed by atoms with Gasteiger partial charge >= 0.3 is 0 Å². The predicted octanol–water partition coefficient (Wildman–Crippen LogP) is 5.29. The molecule has 0 bridgehead atoms. The Kier molecular flexibility index (Phi) is 5.72. The highest BCUT2D eigenvalue weighted by molar-refractivity contribution is 7.99. The van der Waals surface area contributed by atoms with Crippen LogP contribution in [0.15, 0.2) is 47.6 Å². The molecule has 0 saturated heterocycles. The fraction of sp³-hybridized carbons (Fsp3) is 0.348. The molecule has 29 heavy (non-hydrogen) atoms. The zero-order chi connectivity index (χ0) is 20.4. The molecule has 2 heterocycles. The van der Waals surface area contributed by atoms with Gasteiger partial charge < -0.3 is 19.4 Å². The van der Waals surface area contributed by atoms with Gasteiger partial charge in [-0.3, -0.25) is 0 Å². The predicted molar refractivity (Wildman–Crippen MR) is 118 cm³/mol. The monoisotopic (exact) mass is 409 g/mol. The summed E-state index contributed by atoms with van der Waals surface area (Å²) >= 11 is 1.91. The molecule has 0 saturated carbocycles. The highest BCUT2D eigenvalue weighted by atomic mass is 32.2. The Morgan fingerprint density at radius 1 is 1.14 bits per heavy atom. The van der Waals surface area contributed by atoms with Crippen LogP contribution in [-0.2, 0) is 6.54 Å². The topological polar surface area (TPSA) is 50.4 Å². The molecule has 4 rings (SSSR count). The maximum Gasteiger partial charge on any atom is 0.121 e. The zero-order valence-electron chi connectivity index (χ0n) is 17.4. The fourth-order valence-corrected chi connectivity index (χ4v) is 5.13. The highest BCUT2D eigenvalue weighted by Crippen LogP contribution is 2.47. The van der Waals surface area contributed by atoms with Crippen molar-refractivity contribution in [1.82, 2.24) is 9.97 Å². The molecule has 1 aliphatic heterocycles. The van der Waals surface area contributed by atoms with Crippen molar-refractivity contribution in [2.45, 2.75) is 37.0 Å². The van der Waals surface area contributed by atoms with Crippen molar-refractivity contribution in [1.29, 1.82) is 0 Å². The van der Waals surface area contributed by atoms with E-state index in [-0.39, 0.29) is 0 Å². The molecular formula is C23H27N3O2S.